The third kappa shape index (κ3) is 2.67. The summed E-state index contributed by atoms with van der Waals surface area (Å²) in [6, 6.07) is 0. The highest BCUT2D eigenvalue weighted by Crippen LogP contribution is 2.45. The average molecular weight is 262 g/mol. The Morgan fingerprint density at radius 2 is 1.89 bits per heavy atom. The van der Waals surface area contributed by atoms with E-state index in [1.54, 1.807) is 0 Å². The highest BCUT2D eigenvalue weighted by molar-refractivity contribution is 6.17. The number of hydrogen-bond acceptors (Lipinski definition) is 4. The lowest BCUT2D eigenvalue weighted by Gasteiger charge is -2.38. The molecule has 4 nitrogen and oxygen atoms in total. The highest BCUT2D eigenvalue weighted by atomic mass is 16.5. The van der Waals surface area contributed by atoms with E-state index in [0.29, 0.717) is 18.4 Å². The summed E-state index contributed by atoms with van der Waals surface area (Å²) in [5.74, 6) is -0.477. The fourth-order valence-corrected chi connectivity index (χ4v) is 2.91. The maximum Gasteiger partial charge on any atom is 0.308 e. The molecule has 102 valence electrons. The van der Waals surface area contributed by atoms with E-state index in [-0.39, 0.29) is 28.9 Å². The second kappa shape index (κ2) is 5.11. The Kier molecular flexibility index (Phi) is 3.69. The molecule has 2 aliphatic rings. The zero-order valence-corrected chi connectivity index (χ0v) is 11.3. The lowest BCUT2D eigenvalue weighted by atomic mass is 9.66. The highest BCUT2D eigenvalue weighted by Gasteiger charge is 2.39. The van der Waals surface area contributed by atoms with Crippen molar-refractivity contribution in [2.75, 3.05) is 7.11 Å². The molecule has 0 saturated heterocycles. The van der Waals surface area contributed by atoms with Crippen molar-refractivity contribution >= 4 is 17.5 Å². The second-order valence-corrected chi connectivity index (χ2v) is 5.52. The third-order valence-corrected chi connectivity index (χ3v) is 4.22. The number of rotatable bonds is 2. The molecule has 0 aromatic rings. The number of esters is 1. The summed E-state index contributed by atoms with van der Waals surface area (Å²) in [5, 5.41) is 0. The van der Waals surface area contributed by atoms with Crippen LogP contribution in [0.3, 0.4) is 0 Å². The molecule has 0 N–H and O–H groups in total. The Morgan fingerprint density at radius 3 is 2.47 bits per heavy atom. The van der Waals surface area contributed by atoms with E-state index in [1.165, 1.54) is 25.3 Å². The van der Waals surface area contributed by atoms with Crippen molar-refractivity contribution in [3.63, 3.8) is 0 Å². The van der Waals surface area contributed by atoms with E-state index in [1.807, 2.05) is 6.92 Å². The molecule has 0 amide bonds. The maximum absolute atomic E-state index is 11.9. The van der Waals surface area contributed by atoms with Crippen LogP contribution in [-0.4, -0.2) is 24.6 Å². The first-order valence-electron chi connectivity index (χ1n) is 6.53. The first-order valence-corrected chi connectivity index (χ1v) is 6.53. The Morgan fingerprint density at radius 1 is 1.26 bits per heavy atom. The van der Waals surface area contributed by atoms with Gasteiger partial charge in [-0.3, -0.25) is 14.4 Å². The number of hydrogen-bond donors (Lipinski definition) is 0. The van der Waals surface area contributed by atoms with Crippen molar-refractivity contribution in [3.05, 3.63) is 23.8 Å². The summed E-state index contributed by atoms with van der Waals surface area (Å²) in [7, 11) is 1.40. The van der Waals surface area contributed by atoms with Crippen molar-refractivity contribution in [2.45, 2.75) is 32.6 Å². The van der Waals surface area contributed by atoms with Crippen molar-refractivity contribution in [1.29, 1.82) is 0 Å². The van der Waals surface area contributed by atoms with Gasteiger partial charge in [-0.25, -0.2) is 0 Å². The van der Waals surface area contributed by atoms with Gasteiger partial charge in [-0.15, -0.1) is 0 Å². The monoisotopic (exact) mass is 262 g/mol. The van der Waals surface area contributed by atoms with Crippen LogP contribution in [0.2, 0.25) is 0 Å². The lowest BCUT2D eigenvalue weighted by molar-refractivity contribution is -0.147. The standard InChI is InChI=1S/C15H18O4/c1-15(12-9-11(16)3-4-13(12)17)7-5-10(6-8-15)14(18)19-2/h3-4,9-10H,5-8H2,1-2H3. The van der Waals surface area contributed by atoms with Crippen LogP contribution in [-0.2, 0) is 19.1 Å². The molecule has 0 radical (unpaired) electrons. The molecule has 4 heteroatoms. The number of ether oxygens (including phenoxy) is 1. The van der Waals surface area contributed by atoms with Crippen LogP contribution in [0, 0.1) is 11.3 Å². The molecule has 19 heavy (non-hydrogen) atoms. The van der Waals surface area contributed by atoms with Gasteiger partial charge in [0.25, 0.3) is 0 Å². The van der Waals surface area contributed by atoms with Gasteiger partial charge < -0.3 is 4.74 Å². The number of ketones is 2. The van der Waals surface area contributed by atoms with Crippen molar-refractivity contribution in [2.24, 2.45) is 11.3 Å². The number of carbonyl (C=O) groups excluding carboxylic acids is 3. The Bertz CT molecular complexity index is 476. The summed E-state index contributed by atoms with van der Waals surface area (Å²) in [4.78, 5) is 34.9. The van der Waals surface area contributed by atoms with Gasteiger partial charge in [-0.2, -0.15) is 0 Å². The predicted octanol–water partition coefficient (Wildman–Crippen LogP) is 1.99. The zero-order chi connectivity index (χ0) is 14.0. The van der Waals surface area contributed by atoms with E-state index in [2.05, 4.69) is 0 Å². The van der Waals surface area contributed by atoms with Crippen LogP contribution < -0.4 is 0 Å². The predicted molar refractivity (Wildman–Crippen MR) is 69.3 cm³/mol. The summed E-state index contributed by atoms with van der Waals surface area (Å²) >= 11 is 0. The fraction of sp³-hybridized carbons (Fsp3) is 0.533. The average Bonchev–Trinajstić information content (AvgIpc) is 2.41. The molecule has 0 spiro atoms. The van der Waals surface area contributed by atoms with E-state index in [4.69, 9.17) is 4.74 Å². The largest absolute Gasteiger partial charge is 0.469 e. The SMILES string of the molecule is COC(=O)C1CCC(C)(C2=CC(=O)C=CC2=O)CC1. The van der Waals surface area contributed by atoms with E-state index >= 15 is 0 Å². The number of allylic oxidation sites excluding steroid dienone is 4. The molecule has 0 unspecified atom stereocenters. The minimum Gasteiger partial charge on any atom is -0.469 e. The molecule has 0 aliphatic heterocycles. The van der Waals surface area contributed by atoms with E-state index in [0.717, 1.165) is 12.8 Å². The summed E-state index contributed by atoms with van der Waals surface area (Å²) in [6.45, 7) is 2.00. The Labute approximate surface area is 112 Å². The lowest BCUT2D eigenvalue weighted by Crippen LogP contribution is -2.33. The maximum atomic E-state index is 11.9. The van der Waals surface area contributed by atoms with Crippen LogP contribution >= 0.6 is 0 Å². The Hall–Kier alpha value is -1.71. The smallest absolute Gasteiger partial charge is 0.308 e. The van der Waals surface area contributed by atoms with Crippen LogP contribution in [0.4, 0.5) is 0 Å². The molecule has 1 fully saturated rings. The molecule has 0 bridgehead atoms. The minimum absolute atomic E-state index is 0.0800. The first kappa shape index (κ1) is 13.7. The van der Waals surface area contributed by atoms with Gasteiger partial charge in [-0.1, -0.05) is 6.92 Å². The molecule has 0 heterocycles. The van der Waals surface area contributed by atoms with Gasteiger partial charge in [0.05, 0.1) is 13.0 Å². The first-order chi connectivity index (χ1) is 8.96. The molecule has 0 aromatic heterocycles. The van der Waals surface area contributed by atoms with Crippen molar-refractivity contribution in [1.82, 2.24) is 0 Å². The molecule has 0 aromatic carbocycles. The van der Waals surface area contributed by atoms with E-state index < -0.39 is 0 Å². The van der Waals surface area contributed by atoms with Crippen LogP contribution in [0.15, 0.2) is 23.8 Å². The number of methoxy groups -OCH3 is 1. The quantitative estimate of drug-likeness (QED) is 0.564. The third-order valence-electron chi connectivity index (χ3n) is 4.22. The molecule has 2 aliphatic carbocycles. The molecule has 1 saturated carbocycles. The number of carbonyl (C=O) groups is 3. The van der Waals surface area contributed by atoms with E-state index in [9.17, 15) is 14.4 Å². The van der Waals surface area contributed by atoms with Crippen LogP contribution in [0.5, 0.6) is 0 Å². The molecular weight excluding hydrogens is 244 g/mol. The van der Waals surface area contributed by atoms with Gasteiger partial charge in [0, 0.05) is 5.57 Å². The van der Waals surface area contributed by atoms with Crippen LogP contribution in [0.25, 0.3) is 0 Å². The molecule has 0 atom stereocenters. The van der Waals surface area contributed by atoms with Gasteiger partial charge >= 0.3 is 5.97 Å². The fourth-order valence-electron chi connectivity index (χ4n) is 2.91. The van der Waals surface area contributed by atoms with Crippen LogP contribution in [0.1, 0.15) is 32.6 Å². The summed E-state index contributed by atoms with van der Waals surface area (Å²) in [5.41, 5.74) is 0.283. The van der Waals surface area contributed by atoms with Crippen molar-refractivity contribution in [3.8, 4) is 0 Å². The molecular formula is C15H18O4. The van der Waals surface area contributed by atoms with Crippen molar-refractivity contribution < 1.29 is 19.1 Å². The summed E-state index contributed by atoms with van der Waals surface area (Å²) < 4.78 is 4.76. The van der Waals surface area contributed by atoms with Gasteiger partial charge in [0.1, 0.15) is 0 Å². The molecule has 2 rings (SSSR count). The normalized spacial score (nSPS) is 31.1. The minimum atomic E-state index is -0.304. The topological polar surface area (TPSA) is 60.4 Å². The van der Waals surface area contributed by atoms with Gasteiger partial charge in [-0.05, 0) is 49.3 Å². The zero-order valence-electron chi connectivity index (χ0n) is 11.3. The Balaban J connectivity index is 2.12. The summed E-state index contributed by atoms with van der Waals surface area (Å²) in [6.07, 6.45) is 6.94. The second-order valence-electron chi connectivity index (χ2n) is 5.52. The van der Waals surface area contributed by atoms with Gasteiger partial charge in [0.2, 0.25) is 0 Å². The van der Waals surface area contributed by atoms with Gasteiger partial charge in [0.15, 0.2) is 11.6 Å².